The number of amides is 1. The average molecular weight is 247 g/mol. The number of aromatic nitrogens is 2. The summed E-state index contributed by atoms with van der Waals surface area (Å²) >= 11 is 0. The van der Waals surface area contributed by atoms with Gasteiger partial charge in [0.2, 0.25) is 5.91 Å². The minimum absolute atomic E-state index is 0.228. The summed E-state index contributed by atoms with van der Waals surface area (Å²) in [7, 11) is 0. The summed E-state index contributed by atoms with van der Waals surface area (Å²) < 4.78 is 2.27. The standard InChI is InChI=1S/C14H21N3O/c1-10-8-12(10)14(18)15-6-5-11-9-17-7-3-2-4-13(17)16-11/h9-10,12H,2-8H2,1H3,(H,15,18). The second-order valence-electron chi connectivity index (χ2n) is 5.66. The van der Waals surface area contributed by atoms with Crippen molar-refractivity contribution in [3.05, 3.63) is 17.7 Å². The lowest BCUT2D eigenvalue weighted by atomic mass is 10.2. The number of imidazole rings is 1. The summed E-state index contributed by atoms with van der Waals surface area (Å²) in [5.41, 5.74) is 1.12. The van der Waals surface area contributed by atoms with Gasteiger partial charge in [-0.25, -0.2) is 4.98 Å². The van der Waals surface area contributed by atoms with E-state index in [2.05, 4.69) is 28.0 Å². The van der Waals surface area contributed by atoms with Gasteiger partial charge in [-0.05, 0) is 25.2 Å². The lowest BCUT2D eigenvalue weighted by molar-refractivity contribution is -0.122. The van der Waals surface area contributed by atoms with Gasteiger partial charge >= 0.3 is 0 Å². The van der Waals surface area contributed by atoms with Crippen LogP contribution in [0.3, 0.4) is 0 Å². The summed E-state index contributed by atoms with van der Waals surface area (Å²) in [6.07, 6.45) is 7.69. The van der Waals surface area contributed by atoms with Crippen molar-refractivity contribution in [2.75, 3.05) is 6.54 Å². The lowest BCUT2D eigenvalue weighted by Gasteiger charge is -2.11. The van der Waals surface area contributed by atoms with Crippen molar-refractivity contribution < 1.29 is 4.79 Å². The predicted molar refractivity (Wildman–Crippen MR) is 69.1 cm³/mol. The molecule has 1 aromatic heterocycles. The molecule has 0 radical (unpaired) electrons. The number of nitrogens with one attached hydrogen (secondary N) is 1. The molecule has 0 bridgehead atoms. The molecule has 1 N–H and O–H groups in total. The van der Waals surface area contributed by atoms with Crippen LogP contribution in [-0.4, -0.2) is 22.0 Å². The van der Waals surface area contributed by atoms with Crippen LogP contribution in [0, 0.1) is 11.8 Å². The van der Waals surface area contributed by atoms with E-state index >= 15 is 0 Å². The summed E-state index contributed by atoms with van der Waals surface area (Å²) in [5, 5.41) is 3.02. The van der Waals surface area contributed by atoms with Gasteiger partial charge in [-0.3, -0.25) is 4.79 Å². The Morgan fingerprint density at radius 2 is 2.39 bits per heavy atom. The highest BCUT2D eigenvalue weighted by molar-refractivity contribution is 5.81. The summed E-state index contributed by atoms with van der Waals surface area (Å²) in [6, 6.07) is 0. The van der Waals surface area contributed by atoms with Crippen LogP contribution in [0.4, 0.5) is 0 Å². The van der Waals surface area contributed by atoms with Crippen LogP contribution < -0.4 is 5.32 Å². The molecule has 98 valence electrons. The molecule has 1 saturated carbocycles. The molecular formula is C14H21N3O. The molecule has 0 saturated heterocycles. The Kier molecular flexibility index (Phi) is 3.10. The van der Waals surface area contributed by atoms with E-state index < -0.39 is 0 Å². The van der Waals surface area contributed by atoms with Gasteiger partial charge in [0.1, 0.15) is 5.82 Å². The summed E-state index contributed by atoms with van der Waals surface area (Å²) in [5.74, 6) is 2.31. The zero-order valence-electron chi connectivity index (χ0n) is 11.0. The maximum Gasteiger partial charge on any atom is 0.223 e. The van der Waals surface area contributed by atoms with E-state index in [4.69, 9.17) is 0 Å². The van der Waals surface area contributed by atoms with Gasteiger partial charge in [0.15, 0.2) is 0 Å². The molecule has 1 aromatic rings. The minimum Gasteiger partial charge on any atom is -0.355 e. The topological polar surface area (TPSA) is 46.9 Å². The smallest absolute Gasteiger partial charge is 0.223 e. The first-order valence-electron chi connectivity index (χ1n) is 7.06. The van der Waals surface area contributed by atoms with Crippen LogP contribution in [-0.2, 0) is 24.2 Å². The van der Waals surface area contributed by atoms with Gasteiger partial charge in [0.05, 0.1) is 5.69 Å². The Morgan fingerprint density at radius 3 is 3.11 bits per heavy atom. The van der Waals surface area contributed by atoms with Crippen LogP contribution >= 0.6 is 0 Å². The van der Waals surface area contributed by atoms with Gasteiger partial charge in [0.25, 0.3) is 0 Å². The number of carbonyl (C=O) groups is 1. The van der Waals surface area contributed by atoms with Gasteiger partial charge in [-0.1, -0.05) is 6.92 Å². The van der Waals surface area contributed by atoms with E-state index in [0.29, 0.717) is 5.92 Å². The Bertz CT molecular complexity index is 428. The fraction of sp³-hybridized carbons (Fsp3) is 0.714. The predicted octanol–water partition coefficient (Wildman–Crippen LogP) is 1.53. The fourth-order valence-corrected chi connectivity index (χ4v) is 2.72. The molecule has 0 spiro atoms. The molecule has 1 amide bonds. The summed E-state index contributed by atoms with van der Waals surface area (Å²) in [4.78, 5) is 16.3. The zero-order valence-corrected chi connectivity index (χ0v) is 11.0. The third-order valence-corrected chi connectivity index (χ3v) is 4.09. The van der Waals surface area contributed by atoms with Crippen molar-refractivity contribution in [3.63, 3.8) is 0 Å². The average Bonchev–Trinajstić information content (AvgIpc) is 2.95. The van der Waals surface area contributed by atoms with Crippen LogP contribution in [0.2, 0.25) is 0 Å². The fourth-order valence-electron chi connectivity index (χ4n) is 2.72. The monoisotopic (exact) mass is 247 g/mol. The Labute approximate surface area is 108 Å². The second kappa shape index (κ2) is 4.75. The maximum atomic E-state index is 11.7. The molecule has 18 heavy (non-hydrogen) atoms. The molecule has 0 aromatic carbocycles. The van der Waals surface area contributed by atoms with Crippen molar-refractivity contribution >= 4 is 5.91 Å². The second-order valence-corrected chi connectivity index (χ2v) is 5.66. The highest BCUT2D eigenvalue weighted by Crippen LogP contribution is 2.37. The number of aryl methyl sites for hydroxylation is 2. The number of hydrogen-bond donors (Lipinski definition) is 1. The van der Waals surface area contributed by atoms with Crippen molar-refractivity contribution in [1.82, 2.24) is 14.9 Å². The molecular weight excluding hydrogens is 226 g/mol. The number of nitrogens with zero attached hydrogens (tertiary/aromatic N) is 2. The van der Waals surface area contributed by atoms with E-state index in [9.17, 15) is 4.79 Å². The normalized spacial score (nSPS) is 25.6. The highest BCUT2D eigenvalue weighted by Gasteiger charge is 2.38. The molecule has 2 unspecified atom stereocenters. The molecule has 2 aliphatic rings. The van der Waals surface area contributed by atoms with Crippen molar-refractivity contribution in [1.29, 1.82) is 0 Å². The van der Waals surface area contributed by atoms with Crippen molar-refractivity contribution in [2.24, 2.45) is 11.8 Å². The molecule has 1 aliphatic heterocycles. The number of rotatable bonds is 4. The van der Waals surface area contributed by atoms with Gasteiger partial charge in [-0.15, -0.1) is 0 Å². The Hall–Kier alpha value is -1.32. The summed E-state index contributed by atoms with van der Waals surface area (Å²) in [6.45, 7) is 3.96. The number of fused-ring (bicyclic) bond motifs is 1. The van der Waals surface area contributed by atoms with E-state index in [1.807, 2.05) is 0 Å². The minimum atomic E-state index is 0.228. The Balaban J connectivity index is 1.48. The zero-order chi connectivity index (χ0) is 12.5. The maximum absolute atomic E-state index is 11.7. The van der Waals surface area contributed by atoms with Crippen LogP contribution in [0.5, 0.6) is 0 Å². The van der Waals surface area contributed by atoms with Gasteiger partial charge in [-0.2, -0.15) is 0 Å². The Morgan fingerprint density at radius 1 is 1.56 bits per heavy atom. The van der Waals surface area contributed by atoms with E-state index in [-0.39, 0.29) is 11.8 Å². The molecule has 4 heteroatoms. The van der Waals surface area contributed by atoms with E-state index in [1.54, 1.807) is 0 Å². The van der Waals surface area contributed by atoms with E-state index in [1.165, 1.54) is 18.7 Å². The van der Waals surface area contributed by atoms with Crippen LogP contribution in [0.15, 0.2) is 6.20 Å². The molecule has 1 fully saturated rings. The number of hydrogen-bond acceptors (Lipinski definition) is 2. The van der Waals surface area contributed by atoms with Crippen LogP contribution in [0.1, 0.15) is 37.7 Å². The quantitative estimate of drug-likeness (QED) is 0.877. The molecule has 3 rings (SSSR count). The first kappa shape index (κ1) is 11.8. The van der Waals surface area contributed by atoms with Crippen molar-refractivity contribution in [2.45, 2.75) is 45.6 Å². The first-order chi connectivity index (χ1) is 8.74. The lowest BCUT2D eigenvalue weighted by Crippen LogP contribution is -2.27. The largest absolute Gasteiger partial charge is 0.355 e. The van der Waals surface area contributed by atoms with Gasteiger partial charge < -0.3 is 9.88 Å². The van der Waals surface area contributed by atoms with Crippen LogP contribution in [0.25, 0.3) is 0 Å². The molecule has 1 aliphatic carbocycles. The highest BCUT2D eigenvalue weighted by atomic mass is 16.2. The third-order valence-electron chi connectivity index (χ3n) is 4.09. The van der Waals surface area contributed by atoms with Gasteiger partial charge in [0, 0.05) is 38.0 Å². The third kappa shape index (κ3) is 2.42. The van der Waals surface area contributed by atoms with E-state index in [0.717, 1.165) is 38.0 Å². The molecule has 4 nitrogen and oxygen atoms in total. The number of carbonyl (C=O) groups excluding carboxylic acids is 1. The molecule has 2 atom stereocenters. The van der Waals surface area contributed by atoms with Crippen molar-refractivity contribution in [3.8, 4) is 0 Å². The molecule has 2 heterocycles. The first-order valence-corrected chi connectivity index (χ1v) is 7.06. The SMILES string of the molecule is CC1CC1C(=O)NCCc1cn2c(n1)CCCC2.